The zero-order chi connectivity index (χ0) is 31.8. The normalized spacial score (nSPS) is 15.2. The maximum absolute atomic E-state index is 15.0. The molecule has 0 radical (unpaired) electrons. The highest BCUT2D eigenvalue weighted by Gasteiger charge is 2.26. The maximum atomic E-state index is 15.0. The van der Waals surface area contributed by atoms with Gasteiger partial charge in [-0.3, -0.25) is 4.79 Å². The minimum absolute atomic E-state index is 0.00768. The second kappa shape index (κ2) is 15.8. The molecular weight excluding hydrogens is 642 g/mol. The third-order valence-corrected chi connectivity index (χ3v) is 9.23. The highest BCUT2D eigenvalue weighted by Crippen LogP contribution is 2.39. The van der Waals surface area contributed by atoms with Gasteiger partial charge in [0.1, 0.15) is 18.1 Å². The molecule has 11 heteroatoms. The number of ether oxygens (including phenoxy) is 1. The number of hydrogen-bond donors (Lipinski definition) is 1. The van der Waals surface area contributed by atoms with Gasteiger partial charge in [0.05, 0.1) is 18.4 Å². The fourth-order valence-electron chi connectivity index (χ4n) is 6.14. The molecule has 0 bridgehead atoms. The van der Waals surface area contributed by atoms with Crippen molar-refractivity contribution >= 4 is 39.3 Å². The number of hydrogen-bond acceptors (Lipinski definition) is 7. The Morgan fingerprint density at radius 2 is 1.76 bits per heavy atom. The van der Waals surface area contributed by atoms with Crippen LogP contribution in [0.3, 0.4) is 0 Å². The number of amides is 1. The summed E-state index contributed by atoms with van der Waals surface area (Å²) >= 11 is 3.47. The first-order valence-corrected chi connectivity index (χ1v) is 17.3. The number of anilines is 3. The van der Waals surface area contributed by atoms with Crippen molar-refractivity contribution in [2.45, 2.75) is 83.6 Å². The first-order chi connectivity index (χ1) is 21.8. The number of benzene rings is 1. The van der Waals surface area contributed by atoms with Gasteiger partial charge in [0.2, 0.25) is 11.9 Å². The highest BCUT2D eigenvalue weighted by atomic mass is 79.9. The highest BCUT2D eigenvalue weighted by molar-refractivity contribution is 9.09. The van der Waals surface area contributed by atoms with Crippen molar-refractivity contribution in [1.29, 1.82) is 0 Å². The number of carbonyl (C=O) groups is 1. The summed E-state index contributed by atoms with van der Waals surface area (Å²) in [5, 5.41) is 4.12. The van der Waals surface area contributed by atoms with E-state index in [9.17, 15) is 9.18 Å². The van der Waals surface area contributed by atoms with E-state index in [4.69, 9.17) is 4.74 Å². The van der Waals surface area contributed by atoms with Crippen LogP contribution in [0.1, 0.15) is 83.1 Å². The topological polar surface area (TPSA) is 83.5 Å². The van der Waals surface area contributed by atoms with Crippen molar-refractivity contribution in [2.75, 3.05) is 41.8 Å². The van der Waals surface area contributed by atoms with Crippen molar-refractivity contribution in [1.82, 2.24) is 19.9 Å². The summed E-state index contributed by atoms with van der Waals surface area (Å²) < 4.78 is 35.5. The van der Waals surface area contributed by atoms with Crippen LogP contribution in [-0.4, -0.2) is 63.4 Å². The van der Waals surface area contributed by atoms with E-state index >= 15 is 4.39 Å². The average Bonchev–Trinajstić information content (AvgIpc) is 3.05. The van der Waals surface area contributed by atoms with Gasteiger partial charge in [-0.05, 0) is 69.2 Å². The molecule has 45 heavy (non-hydrogen) atoms. The van der Waals surface area contributed by atoms with Crippen molar-refractivity contribution in [3.63, 3.8) is 0 Å². The molecule has 0 unspecified atom stereocenters. The number of nitrogens with zero attached hydrogens (tertiary/aromatic N) is 5. The van der Waals surface area contributed by atoms with Crippen LogP contribution in [0.15, 0.2) is 36.7 Å². The van der Waals surface area contributed by atoms with E-state index in [0.717, 1.165) is 55.9 Å². The number of halogens is 3. The lowest BCUT2D eigenvalue weighted by Gasteiger charge is -2.34. The van der Waals surface area contributed by atoms with E-state index in [-0.39, 0.29) is 29.3 Å². The van der Waals surface area contributed by atoms with Crippen molar-refractivity contribution in [3.8, 4) is 17.0 Å². The third kappa shape index (κ3) is 8.48. The van der Waals surface area contributed by atoms with E-state index in [2.05, 4.69) is 36.2 Å². The average molecular weight is 686 g/mol. The molecule has 5 rings (SSSR count). The Kier molecular flexibility index (Phi) is 11.6. The molecule has 0 aliphatic carbocycles. The van der Waals surface area contributed by atoms with Crippen LogP contribution in [0.25, 0.3) is 11.3 Å². The van der Waals surface area contributed by atoms with Crippen LogP contribution in [0.4, 0.5) is 26.2 Å². The van der Waals surface area contributed by atoms with E-state index < -0.39 is 11.6 Å². The summed E-state index contributed by atoms with van der Waals surface area (Å²) in [5.41, 5.74) is 2.00. The summed E-state index contributed by atoms with van der Waals surface area (Å²) in [6.07, 6.45) is 12.4. The molecule has 2 aliphatic heterocycles. The molecule has 2 aromatic heterocycles. The Morgan fingerprint density at radius 1 is 1.00 bits per heavy atom. The quantitative estimate of drug-likeness (QED) is 0.144. The monoisotopic (exact) mass is 684 g/mol. The lowest BCUT2D eigenvalue weighted by Crippen LogP contribution is -2.38. The zero-order valence-corrected chi connectivity index (χ0v) is 27.8. The number of fused-ring (bicyclic) bond motifs is 1. The Balaban J connectivity index is 1.16. The summed E-state index contributed by atoms with van der Waals surface area (Å²) in [5.74, 6) is 0.261. The van der Waals surface area contributed by atoms with Gasteiger partial charge in [0.15, 0.2) is 17.4 Å². The van der Waals surface area contributed by atoms with Crippen LogP contribution in [0.5, 0.6) is 5.75 Å². The van der Waals surface area contributed by atoms with E-state index in [1.807, 2.05) is 42.0 Å². The molecule has 242 valence electrons. The first-order valence-electron chi connectivity index (χ1n) is 16.2. The summed E-state index contributed by atoms with van der Waals surface area (Å²) in [6, 6.07) is 6.97. The molecule has 0 saturated carbocycles. The first kappa shape index (κ1) is 33.0. The number of rotatable bonds is 13. The number of alkyl halides is 1. The molecule has 4 heterocycles. The largest absolute Gasteiger partial charge is 0.486 e. The van der Waals surface area contributed by atoms with Crippen LogP contribution in [0.2, 0.25) is 0 Å². The van der Waals surface area contributed by atoms with E-state index in [1.165, 1.54) is 31.7 Å². The van der Waals surface area contributed by atoms with Crippen molar-refractivity contribution < 1.29 is 18.3 Å². The molecule has 2 aliphatic rings. The van der Waals surface area contributed by atoms with Crippen LogP contribution in [-0.2, 0) is 4.79 Å². The lowest BCUT2D eigenvalue weighted by molar-refractivity contribution is -0.132. The van der Waals surface area contributed by atoms with Gasteiger partial charge in [0.25, 0.3) is 0 Å². The Morgan fingerprint density at radius 3 is 2.47 bits per heavy atom. The minimum Gasteiger partial charge on any atom is -0.486 e. The SMILES string of the molecule is CC(C)N1CCOc2c(F)cc(-c3nc(Nc4ccc(C5CCN(C(=O)CCCCCCCCBr)CC5)cn4)ncc3F)cc21. The fraction of sp³-hybridized carbons (Fsp3) is 0.529. The van der Waals surface area contributed by atoms with Gasteiger partial charge >= 0.3 is 0 Å². The number of pyridine rings is 1. The number of aromatic nitrogens is 3. The predicted octanol–water partition coefficient (Wildman–Crippen LogP) is 8.00. The molecule has 3 aromatic rings. The predicted molar refractivity (Wildman–Crippen MR) is 178 cm³/mol. The summed E-state index contributed by atoms with van der Waals surface area (Å²) in [6.45, 7) is 6.58. The van der Waals surface area contributed by atoms with Crippen LogP contribution < -0.4 is 15.0 Å². The summed E-state index contributed by atoms with van der Waals surface area (Å²) in [7, 11) is 0. The van der Waals surface area contributed by atoms with Gasteiger partial charge in [-0.1, -0.05) is 47.7 Å². The van der Waals surface area contributed by atoms with Crippen LogP contribution >= 0.6 is 15.9 Å². The third-order valence-electron chi connectivity index (χ3n) is 8.67. The van der Waals surface area contributed by atoms with Crippen molar-refractivity contribution in [2.24, 2.45) is 0 Å². The zero-order valence-electron chi connectivity index (χ0n) is 26.2. The van der Waals surface area contributed by atoms with E-state index in [0.29, 0.717) is 42.6 Å². The minimum atomic E-state index is -0.651. The van der Waals surface area contributed by atoms with Gasteiger partial charge in [-0.25, -0.2) is 23.7 Å². The number of carbonyl (C=O) groups excluding carboxylic acids is 1. The lowest BCUT2D eigenvalue weighted by atomic mass is 9.90. The second-order valence-electron chi connectivity index (χ2n) is 12.1. The Bertz CT molecular complexity index is 1430. The Labute approximate surface area is 273 Å². The molecule has 1 aromatic carbocycles. The van der Waals surface area contributed by atoms with Gasteiger partial charge in [-0.15, -0.1) is 0 Å². The van der Waals surface area contributed by atoms with Crippen LogP contribution in [0, 0.1) is 11.6 Å². The fourth-order valence-corrected chi connectivity index (χ4v) is 6.53. The maximum Gasteiger partial charge on any atom is 0.229 e. The smallest absolute Gasteiger partial charge is 0.229 e. The Hall–Kier alpha value is -3.34. The molecule has 1 saturated heterocycles. The molecule has 8 nitrogen and oxygen atoms in total. The molecule has 1 fully saturated rings. The van der Waals surface area contributed by atoms with Crippen molar-refractivity contribution in [3.05, 3.63) is 53.9 Å². The number of unbranched alkanes of at least 4 members (excludes halogenated alkanes) is 5. The number of nitrogens with one attached hydrogen (secondary N) is 1. The van der Waals surface area contributed by atoms with Gasteiger partial charge in [-0.2, -0.15) is 0 Å². The molecule has 1 amide bonds. The standard InChI is InChI=1S/C34H43BrF2N6O2/c1-23(2)43-17-18-45-33-27(36)19-26(20-29(33)43)32-28(37)22-39-34(41-32)40-30-11-10-25(21-38-30)24-12-15-42(16-13-24)31(44)9-7-5-3-4-6-8-14-35/h10-11,19-24H,3-9,12-18H2,1-2H3,(H,38,39,40,41). The molecule has 0 atom stereocenters. The number of likely N-dealkylation sites (tertiary alicyclic amines) is 1. The summed E-state index contributed by atoms with van der Waals surface area (Å²) in [4.78, 5) is 29.8. The molecular formula is C34H43BrF2N6O2. The van der Waals surface area contributed by atoms with Gasteiger partial charge in [0, 0.05) is 42.6 Å². The molecule has 0 spiro atoms. The molecule has 1 N–H and O–H groups in total. The number of piperidine rings is 1. The second-order valence-corrected chi connectivity index (χ2v) is 12.9. The van der Waals surface area contributed by atoms with E-state index in [1.54, 1.807) is 6.07 Å². The van der Waals surface area contributed by atoms with Gasteiger partial charge < -0.3 is 19.9 Å².